The van der Waals surface area contributed by atoms with Gasteiger partial charge in [0.15, 0.2) is 0 Å². The number of likely N-dealkylation sites (N-methyl/N-ethyl adjacent to an activating group) is 1. The van der Waals surface area contributed by atoms with Crippen molar-refractivity contribution in [1.29, 1.82) is 0 Å². The fourth-order valence-corrected chi connectivity index (χ4v) is 2.47. The van der Waals surface area contributed by atoms with Crippen LogP contribution in [0.3, 0.4) is 0 Å². The summed E-state index contributed by atoms with van der Waals surface area (Å²) >= 11 is 0. The molecule has 134 valence electrons. The number of carbonyl (C=O) groups is 1. The van der Waals surface area contributed by atoms with E-state index in [1.807, 2.05) is 31.0 Å². The van der Waals surface area contributed by atoms with E-state index in [4.69, 9.17) is 0 Å². The lowest BCUT2D eigenvalue weighted by Gasteiger charge is -2.20. The van der Waals surface area contributed by atoms with Gasteiger partial charge in [-0.05, 0) is 43.5 Å². The van der Waals surface area contributed by atoms with E-state index in [0.29, 0.717) is 18.2 Å². The van der Waals surface area contributed by atoms with Crippen molar-refractivity contribution in [1.82, 2.24) is 19.9 Å². The third-order valence-electron chi connectivity index (χ3n) is 4.08. The van der Waals surface area contributed by atoms with E-state index in [9.17, 15) is 4.79 Å². The highest BCUT2D eigenvalue weighted by Crippen LogP contribution is 2.12. The number of pyridine rings is 1. The zero-order valence-corrected chi connectivity index (χ0v) is 15.6. The molecular formula is C19H27N5O. The van der Waals surface area contributed by atoms with Crippen LogP contribution >= 0.6 is 0 Å². The highest BCUT2D eigenvalue weighted by atomic mass is 16.2. The number of aromatic nitrogens is 3. The van der Waals surface area contributed by atoms with Crippen molar-refractivity contribution < 1.29 is 4.79 Å². The highest BCUT2D eigenvalue weighted by molar-refractivity contribution is 5.92. The summed E-state index contributed by atoms with van der Waals surface area (Å²) in [6.07, 6.45) is 6.51. The highest BCUT2D eigenvalue weighted by Gasteiger charge is 2.16. The largest absolute Gasteiger partial charge is 0.344 e. The Morgan fingerprint density at radius 3 is 2.52 bits per heavy atom. The molecule has 0 aliphatic carbocycles. The summed E-state index contributed by atoms with van der Waals surface area (Å²) in [4.78, 5) is 29.4. The van der Waals surface area contributed by atoms with Crippen LogP contribution in [0.2, 0.25) is 0 Å². The molecule has 0 aliphatic heterocycles. The molecular weight excluding hydrogens is 314 g/mol. The Morgan fingerprint density at radius 2 is 1.84 bits per heavy atom. The number of nitrogens with zero attached hydrogens (tertiary/aromatic N) is 5. The van der Waals surface area contributed by atoms with E-state index in [-0.39, 0.29) is 5.91 Å². The first-order valence-corrected chi connectivity index (χ1v) is 8.72. The lowest BCUT2D eigenvalue weighted by atomic mass is 10.2. The molecule has 0 bridgehead atoms. The summed E-state index contributed by atoms with van der Waals surface area (Å²) in [5.74, 6) is 0.532. The zero-order chi connectivity index (χ0) is 18.2. The standard InChI is InChI=1S/C19H27N5O/c1-5-6-12-24(4)19-21-15(2)14-17(22-19)18(25)23(3)13-9-16-7-10-20-11-8-16/h7-8,10-11,14H,5-6,9,12-13H2,1-4H3. The quantitative estimate of drug-likeness (QED) is 0.739. The van der Waals surface area contributed by atoms with Crippen LogP contribution in [0.25, 0.3) is 0 Å². The first-order valence-electron chi connectivity index (χ1n) is 8.72. The van der Waals surface area contributed by atoms with Gasteiger partial charge in [-0.25, -0.2) is 9.97 Å². The molecule has 0 atom stereocenters. The maximum Gasteiger partial charge on any atom is 0.272 e. The molecule has 2 rings (SSSR count). The van der Waals surface area contributed by atoms with E-state index >= 15 is 0 Å². The molecule has 25 heavy (non-hydrogen) atoms. The molecule has 0 N–H and O–H groups in total. The van der Waals surface area contributed by atoms with Crippen LogP contribution < -0.4 is 4.90 Å². The Bertz CT molecular complexity index is 689. The van der Waals surface area contributed by atoms with Crippen LogP contribution in [0.5, 0.6) is 0 Å². The van der Waals surface area contributed by atoms with Gasteiger partial charge in [0.05, 0.1) is 0 Å². The molecule has 0 saturated carbocycles. The number of amides is 1. The predicted molar refractivity (Wildman–Crippen MR) is 99.8 cm³/mol. The molecule has 0 aliphatic rings. The molecule has 2 aromatic rings. The molecule has 6 heteroatoms. The maximum atomic E-state index is 12.7. The van der Waals surface area contributed by atoms with E-state index in [0.717, 1.165) is 37.1 Å². The Balaban J connectivity index is 2.05. The van der Waals surface area contributed by atoms with Gasteiger partial charge in [0.2, 0.25) is 5.95 Å². The number of anilines is 1. The van der Waals surface area contributed by atoms with Gasteiger partial charge in [0.25, 0.3) is 5.91 Å². The smallest absolute Gasteiger partial charge is 0.272 e. The van der Waals surface area contributed by atoms with Crippen LogP contribution in [-0.2, 0) is 6.42 Å². The van der Waals surface area contributed by atoms with Crippen LogP contribution in [0.15, 0.2) is 30.6 Å². The van der Waals surface area contributed by atoms with Crippen molar-refractivity contribution in [3.63, 3.8) is 0 Å². The summed E-state index contributed by atoms with van der Waals surface area (Å²) in [6.45, 7) is 5.56. The van der Waals surface area contributed by atoms with Gasteiger partial charge < -0.3 is 9.80 Å². The van der Waals surface area contributed by atoms with Gasteiger partial charge in [-0.15, -0.1) is 0 Å². The lowest BCUT2D eigenvalue weighted by molar-refractivity contribution is 0.0790. The third-order valence-corrected chi connectivity index (χ3v) is 4.08. The summed E-state index contributed by atoms with van der Waals surface area (Å²) in [5, 5.41) is 0. The fourth-order valence-electron chi connectivity index (χ4n) is 2.47. The first kappa shape index (κ1) is 18.8. The summed E-state index contributed by atoms with van der Waals surface area (Å²) in [6, 6.07) is 5.68. The monoisotopic (exact) mass is 341 g/mol. The molecule has 0 saturated heterocycles. The average molecular weight is 341 g/mol. The molecule has 2 aromatic heterocycles. The second-order valence-electron chi connectivity index (χ2n) is 6.30. The Kier molecular flexibility index (Phi) is 6.86. The van der Waals surface area contributed by atoms with Crippen LogP contribution in [-0.4, -0.2) is 52.9 Å². The number of hydrogen-bond donors (Lipinski definition) is 0. The van der Waals surface area contributed by atoms with E-state index in [1.54, 1.807) is 30.4 Å². The second-order valence-corrected chi connectivity index (χ2v) is 6.30. The molecule has 0 spiro atoms. The third kappa shape index (κ3) is 5.52. The predicted octanol–water partition coefficient (Wildman–Crippen LogP) is 2.73. The maximum absolute atomic E-state index is 12.7. The minimum atomic E-state index is -0.0790. The van der Waals surface area contributed by atoms with Gasteiger partial charge in [0.1, 0.15) is 5.69 Å². The van der Waals surface area contributed by atoms with Crippen molar-refractivity contribution in [3.8, 4) is 0 Å². The Morgan fingerprint density at radius 1 is 1.12 bits per heavy atom. The van der Waals surface area contributed by atoms with E-state index < -0.39 is 0 Å². The fraction of sp³-hybridized carbons (Fsp3) is 0.474. The van der Waals surface area contributed by atoms with Crippen molar-refractivity contribution in [2.45, 2.75) is 33.1 Å². The summed E-state index contributed by atoms with van der Waals surface area (Å²) in [7, 11) is 3.77. The summed E-state index contributed by atoms with van der Waals surface area (Å²) in [5.41, 5.74) is 2.41. The van der Waals surface area contributed by atoms with Crippen molar-refractivity contribution in [3.05, 3.63) is 47.5 Å². The summed E-state index contributed by atoms with van der Waals surface area (Å²) < 4.78 is 0. The molecule has 0 unspecified atom stereocenters. The van der Waals surface area contributed by atoms with Crippen molar-refractivity contribution >= 4 is 11.9 Å². The van der Waals surface area contributed by atoms with Crippen molar-refractivity contribution in [2.24, 2.45) is 0 Å². The molecule has 6 nitrogen and oxygen atoms in total. The minimum Gasteiger partial charge on any atom is -0.344 e. The number of aryl methyl sites for hydroxylation is 1. The number of hydrogen-bond acceptors (Lipinski definition) is 5. The molecule has 1 amide bonds. The van der Waals surface area contributed by atoms with Gasteiger partial charge in [-0.1, -0.05) is 13.3 Å². The van der Waals surface area contributed by atoms with Crippen LogP contribution in [0, 0.1) is 6.92 Å². The lowest BCUT2D eigenvalue weighted by Crippen LogP contribution is -2.30. The van der Waals surface area contributed by atoms with Gasteiger partial charge >= 0.3 is 0 Å². The first-order chi connectivity index (χ1) is 12.0. The average Bonchev–Trinajstić information content (AvgIpc) is 2.63. The van der Waals surface area contributed by atoms with E-state index in [2.05, 4.69) is 21.9 Å². The van der Waals surface area contributed by atoms with Crippen LogP contribution in [0.4, 0.5) is 5.95 Å². The Labute approximate surface area is 149 Å². The number of unbranched alkanes of at least 4 members (excludes halogenated alkanes) is 1. The van der Waals surface area contributed by atoms with Gasteiger partial charge in [-0.2, -0.15) is 0 Å². The molecule has 0 fully saturated rings. The van der Waals surface area contributed by atoms with Crippen molar-refractivity contribution in [2.75, 3.05) is 32.1 Å². The Hall–Kier alpha value is -2.50. The SMILES string of the molecule is CCCCN(C)c1nc(C)cc(C(=O)N(C)CCc2ccncc2)n1. The normalized spacial score (nSPS) is 10.6. The molecule has 0 aromatic carbocycles. The minimum absolute atomic E-state index is 0.0790. The van der Waals surface area contributed by atoms with Gasteiger partial charge in [-0.3, -0.25) is 9.78 Å². The second kappa shape index (κ2) is 9.11. The van der Waals surface area contributed by atoms with Crippen LogP contribution in [0.1, 0.15) is 41.5 Å². The van der Waals surface area contributed by atoms with E-state index in [1.165, 1.54) is 0 Å². The number of carbonyl (C=O) groups excluding carboxylic acids is 1. The topological polar surface area (TPSA) is 62.2 Å². The molecule has 0 radical (unpaired) electrons. The zero-order valence-electron chi connectivity index (χ0n) is 15.6. The molecule has 2 heterocycles. The number of rotatable bonds is 8. The van der Waals surface area contributed by atoms with Gasteiger partial charge in [0, 0.05) is 45.3 Å².